The number of hydrogen-bond acceptors (Lipinski definition) is 7. The molecule has 1 amide bonds. The number of thiazole rings is 1. The predicted molar refractivity (Wildman–Crippen MR) is 100 cm³/mol. The molecule has 0 aliphatic heterocycles. The molecule has 0 saturated heterocycles. The van der Waals surface area contributed by atoms with Crippen molar-refractivity contribution in [2.45, 2.75) is 4.90 Å². The summed E-state index contributed by atoms with van der Waals surface area (Å²) in [7, 11) is -0.308. The molecule has 3 aromatic rings. The van der Waals surface area contributed by atoms with Crippen molar-refractivity contribution in [2.75, 3.05) is 25.8 Å². The number of fused-ring (bicyclic) bond motifs is 1. The third kappa shape index (κ3) is 3.49. The molecule has 136 valence electrons. The molecule has 1 heterocycles. The van der Waals surface area contributed by atoms with Crippen LogP contribution in [-0.4, -0.2) is 39.8 Å². The highest BCUT2D eigenvalue weighted by Gasteiger charge is 2.17. The van der Waals surface area contributed by atoms with E-state index in [-0.39, 0.29) is 10.5 Å². The Morgan fingerprint density at radius 3 is 2.46 bits per heavy atom. The Balaban J connectivity index is 1.95. The van der Waals surface area contributed by atoms with Crippen LogP contribution in [0.2, 0.25) is 0 Å². The van der Waals surface area contributed by atoms with E-state index in [0.717, 1.165) is 11.0 Å². The summed E-state index contributed by atoms with van der Waals surface area (Å²) in [5.41, 5.74) is 0.808. The van der Waals surface area contributed by atoms with Gasteiger partial charge in [-0.15, -0.1) is 0 Å². The molecule has 0 aliphatic carbocycles. The van der Waals surface area contributed by atoms with Crippen LogP contribution in [0, 0.1) is 0 Å². The first-order chi connectivity index (χ1) is 12.3. The van der Waals surface area contributed by atoms with Crippen LogP contribution < -0.4 is 14.8 Å². The summed E-state index contributed by atoms with van der Waals surface area (Å²) in [5.74, 6) is 0.738. The molecule has 0 bridgehead atoms. The zero-order valence-corrected chi connectivity index (χ0v) is 15.9. The summed E-state index contributed by atoms with van der Waals surface area (Å²) in [6.45, 7) is 0. The van der Waals surface area contributed by atoms with Crippen LogP contribution >= 0.6 is 11.3 Å². The quantitative estimate of drug-likeness (QED) is 0.717. The summed E-state index contributed by atoms with van der Waals surface area (Å²) < 4.78 is 34.7. The number of aromatic nitrogens is 1. The molecule has 3 rings (SSSR count). The van der Waals surface area contributed by atoms with Gasteiger partial charge in [0.05, 0.1) is 19.1 Å². The van der Waals surface area contributed by atoms with E-state index in [4.69, 9.17) is 9.47 Å². The average molecular weight is 392 g/mol. The number of sulfone groups is 1. The molecular weight excluding hydrogens is 376 g/mol. The SMILES string of the molecule is COc1ccc(OC)c2sc(NC(=O)c3cccc(S(C)(=O)=O)c3)nc12. The van der Waals surface area contributed by atoms with Crippen LogP contribution in [0.15, 0.2) is 41.3 Å². The Morgan fingerprint density at radius 2 is 1.81 bits per heavy atom. The van der Waals surface area contributed by atoms with Gasteiger partial charge in [-0.2, -0.15) is 0 Å². The van der Waals surface area contributed by atoms with Crippen LogP contribution in [0.3, 0.4) is 0 Å². The van der Waals surface area contributed by atoms with E-state index < -0.39 is 15.7 Å². The van der Waals surface area contributed by atoms with Crippen molar-refractivity contribution >= 4 is 42.4 Å². The van der Waals surface area contributed by atoms with Crippen molar-refractivity contribution in [1.29, 1.82) is 0 Å². The number of carbonyl (C=O) groups excluding carboxylic acids is 1. The maximum Gasteiger partial charge on any atom is 0.257 e. The molecule has 2 aromatic carbocycles. The van der Waals surface area contributed by atoms with Gasteiger partial charge in [0.25, 0.3) is 5.91 Å². The van der Waals surface area contributed by atoms with Gasteiger partial charge in [-0.1, -0.05) is 17.4 Å². The molecule has 0 radical (unpaired) electrons. The molecule has 26 heavy (non-hydrogen) atoms. The minimum absolute atomic E-state index is 0.0813. The number of nitrogens with zero attached hydrogens (tertiary/aromatic N) is 1. The fourth-order valence-electron chi connectivity index (χ4n) is 2.38. The normalized spacial score (nSPS) is 11.3. The van der Waals surface area contributed by atoms with Gasteiger partial charge in [-0.05, 0) is 30.3 Å². The monoisotopic (exact) mass is 392 g/mol. The van der Waals surface area contributed by atoms with Crippen molar-refractivity contribution in [3.8, 4) is 11.5 Å². The van der Waals surface area contributed by atoms with E-state index in [1.54, 1.807) is 25.3 Å². The van der Waals surface area contributed by atoms with E-state index in [1.165, 1.54) is 36.6 Å². The molecule has 0 fully saturated rings. The van der Waals surface area contributed by atoms with Gasteiger partial charge in [0, 0.05) is 11.8 Å². The molecule has 0 atom stereocenters. The van der Waals surface area contributed by atoms with Gasteiger partial charge in [0.1, 0.15) is 21.7 Å². The standard InChI is InChI=1S/C17H16N2O5S2/c1-23-12-7-8-13(24-2)15-14(12)18-17(25-15)19-16(20)10-5-4-6-11(9-10)26(3,21)22/h4-9H,1-3H3,(H,18,19,20). The maximum absolute atomic E-state index is 12.5. The first-order valence-electron chi connectivity index (χ1n) is 7.46. The summed E-state index contributed by atoms with van der Waals surface area (Å²) in [6, 6.07) is 9.34. The Bertz CT molecular complexity index is 1050. The highest BCUT2D eigenvalue weighted by molar-refractivity contribution is 7.90. The number of methoxy groups -OCH3 is 2. The highest BCUT2D eigenvalue weighted by atomic mass is 32.2. The van der Waals surface area contributed by atoms with Gasteiger partial charge in [0.2, 0.25) is 0 Å². The van der Waals surface area contributed by atoms with E-state index >= 15 is 0 Å². The molecule has 0 saturated carbocycles. The van der Waals surface area contributed by atoms with Crippen LogP contribution in [0.1, 0.15) is 10.4 Å². The van der Waals surface area contributed by atoms with E-state index in [0.29, 0.717) is 22.1 Å². The number of benzene rings is 2. The lowest BCUT2D eigenvalue weighted by molar-refractivity contribution is 0.102. The lowest BCUT2D eigenvalue weighted by Crippen LogP contribution is -2.12. The van der Waals surface area contributed by atoms with Gasteiger partial charge in [-0.25, -0.2) is 13.4 Å². The highest BCUT2D eigenvalue weighted by Crippen LogP contribution is 2.38. The molecule has 0 spiro atoms. The van der Waals surface area contributed by atoms with E-state index in [1.807, 2.05) is 0 Å². The number of amides is 1. The molecule has 0 unspecified atom stereocenters. The first-order valence-corrected chi connectivity index (χ1v) is 10.2. The summed E-state index contributed by atoms with van der Waals surface area (Å²) >= 11 is 1.24. The number of rotatable bonds is 5. The van der Waals surface area contributed by atoms with Gasteiger partial charge < -0.3 is 9.47 Å². The molecule has 1 N–H and O–H groups in total. The molecule has 1 aromatic heterocycles. The number of anilines is 1. The lowest BCUT2D eigenvalue weighted by Gasteiger charge is -2.04. The summed E-state index contributed by atoms with van der Waals surface area (Å²) in [5, 5.41) is 3.05. The minimum Gasteiger partial charge on any atom is -0.495 e. The maximum atomic E-state index is 12.5. The Morgan fingerprint density at radius 1 is 1.12 bits per heavy atom. The molecule has 0 aliphatic rings. The van der Waals surface area contributed by atoms with Crippen molar-refractivity contribution in [3.05, 3.63) is 42.0 Å². The van der Waals surface area contributed by atoms with Gasteiger partial charge in [0.15, 0.2) is 15.0 Å². The predicted octanol–water partition coefficient (Wildman–Crippen LogP) is 2.97. The van der Waals surface area contributed by atoms with Crippen LogP contribution in [0.4, 0.5) is 5.13 Å². The molecular formula is C17H16N2O5S2. The van der Waals surface area contributed by atoms with Gasteiger partial charge in [-0.3, -0.25) is 10.1 Å². The number of nitrogens with one attached hydrogen (secondary N) is 1. The van der Waals surface area contributed by atoms with Crippen LogP contribution in [0.25, 0.3) is 10.2 Å². The largest absolute Gasteiger partial charge is 0.495 e. The summed E-state index contributed by atoms with van der Waals surface area (Å²) in [6.07, 6.45) is 1.09. The van der Waals surface area contributed by atoms with Crippen molar-refractivity contribution < 1.29 is 22.7 Å². The van der Waals surface area contributed by atoms with Crippen molar-refractivity contribution in [1.82, 2.24) is 4.98 Å². The fourth-order valence-corrected chi connectivity index (χ4v) is 4.01. The van der Waals surface area contributed by atoms with Crippen molar-refractivity contribution in [3.63, 3.8) is 0 Å². The Hall–Kier alpha value is -2.65. The zero-order chi connectivity index (χ0) is 18.9. The zero-order valence-electron chi connectivity index (χ0n) is 14.3. The van der Waals surface area contributed by atoms with E-state index in [2.05, 4.69) is 10.3 Å². The van der Waals surface area contributed by atoms with Crippen molar-refractivity contribution in [2.24, 2.45) is 0 Å². The van der Waals surface area contributed by atoms with Crippen LogP contribution in [-0.2, 0) is 9.84 Å². The molecule has 9 heteroatoms. The second-order valence-electron chi connectivity index (χ2n) is 5.42. The Labute approximate surface area is 154 Å². The average Bonchev–Trinajstić information content (AvgIpc) is 3.03. The van der Waals surface area contributed by atoms with E-state index in [9.17, 15) is 13.2 Å². The third-order valence-electron chi connectivity index (χ3n) is 3.66. The van der Waals surface area contributed by atoms with Gasteiger partial charge >= 0.3 is 0 Å². The molecule has 7 nitrogen and oxygen atoms in total. The topological polar surface area (TPSA) is 94.6 Å². The van der Waals surface area contributed by atoms with Crippen LogP contribution in [0.5, 0.6) is 11.5 Å². The number of hydrogen-bond donors (Lipinski definition) is 1. The Kier molecular flexibility index (Phi) is 4.84. The second-order valence-corrected chi connectivity index (χ2v) is 8.44. The third-order valence-corrected chi connectivity index (χ3v) is 5.75. The summed E-state index contributed by atoms with van der Waals surface area (Å²) in [4.78, 5) is 17.0. The minimum atomic E-state index is -3.40. The second kappa shape index (κ2) is 6.93. The lowest BCUT2D eigenvalue weighted by atomic mass is 10.2. The first kappa shape index (κ1) is 18.2. The number of carbonyl (C=O) groups is 1. The fraction of sp³-hybridized carbons (Fsp3) is 0.176. The number of ether oxygens (including phenoxy) is 2. The smallest absolute Gasteiger partial charge is 0.257 e.